The summed E-state index contributed by atoms with van der Waals surface area (Å²) in [6.07, 6.45) is -3.96. The fourth-order valence-electron chi connectivity index (χ4n) is 3.93. The lowest BCUT2D eigenvalue weighted by Gasteiger charge is -2.15. The van der Waals surface area contributed by atoms with Crippen LogP contribution in [0.25, 0.3) is 16.6 Å². The van der Waals surface area contributed by atoms with Gasteiger partial charge in [-0.05, 0) is 62.1 Å². The Kier molecular flexibility index (Phi) is 6.28. The van der Waals surface area contributed by atoms with Gasteiger partial charge in [0.05, 0.1) is 16.8 Å². The van der Waals surface area contributed by atoms with Crippen molar-refractivity contribution >= 4 is 16.8 Å². The van der Waals surface area contributed by atoms with E-state index in [1.807, 2.05) is 24.6 Å². The van der Waals surface area contributed by atoms with Crippen molar-refractivity contribution in [2.75, 3.05) is 6.54 Å². The predicted octanol–water partition coefficient (Wildman–Crippen LogP) is 4.64. The standard InChI is InChI=1S/C25H23F3N4O2/c1-16-13-17(2)31(30-16)12-6-11-29-23(33)21-14-18-7-3-4-10-22(18)32(24(21)34)20-9-5-8-19(15-20)25(26,27)28/h3-5,7-10,13-15H,6,11-12H2,1-2H3,(H,29,33). The molecule has 0 aliphatic carbocycles. The van der Waals surface area contributed by atoms with Crippen LogP contribution >= 0.6 is 0 Å². The van der Waals surface area contributed by atoms with E-state index in [1.165, 1.54) is 18.2 Å². The zero-order chi connectivity index (χ0) is 24.5. The van der Waals surface area contributed by atoms with Crippen molar-refractivity contribution in [1.82, 2.24) is 19.7 Å². The molecule has 2 aromatic carbocycles. The van der Waals surface area contributed by atoms with Crippen LogP contribution in [0.5, 0.6) is 0 Å². The van der Waals surface area contributed by atoms with Crippen LogP contribution in [0.3, 0.4) is 0 Å². The molecule has 0 saturated carbocycles. The van der Waals surface area contributed by atoms with E-state index in [2.05, 4.69) is 10.4 Å². The number of carbonyl (C=O) groups is 1. The molecule has 0 saturated heterocycles. The van der Waals surface area contributed by atoms with Gasteiger partial charge in [-0.3, -0.25) is 18.8 Å². The third kappa shape index (κ3) is 4.73. The molecule has 2 aromatic heterocycles. The van der Waals surface area contributed by atoms with Gasteiger partial charge >= 0.3 is 6.18 Å². The molecule has 4 rings (SSSR count). The van der Waals surface area contributed by atoms with E-state index in [0.29, 0.717) is 30.4 Å². The molecule has 1 amide bonds. The van der Waals surface area contributed by atoms with Gasteiger partial charge in [-0.25, -0.2) is 0 Å². The maximum atomic E-state index is 13.3. The molecular weight excluding hydrogens is 445 g/mol. The molecule has 0 unspecified atom stereocenters. The Morgan fingerprint density at radius 1 is 1.03 bits per heavy atom. The first-order chi connectivity index (χ1) is 16.1. The highest BCUT2D eigenvalue weighted by atomic mass is 19.4. The number of aromatic nitrogens is 3. The quantitative estimate of drug-likeness (QED) is 0.419. The van der Waals surface area contributed by atoms with Gasteiger partial charge < -0.3 is 5.32 Å². The molecule has 0 radical (unpaired) electrons. The highest BCUT2D eigenvalue weighted by Gasteiger charge is 2.31. The Labute approximate surface area is 193 Å². The summed E-state index contributed by atoms with van der Waals surface area (Å²) >= 11 is 0. The van der Waals surface area contributed by atoms with Crippen molar-refractivity contribution in [3.63, 3.8) is 0 Å². The van der Waals surface area contributed by atoms with Crippen molar-refractivity contribution < 1.29 is 18.0 Å². The second kappa shape index (κ2) is 9.17. The van der Waals surface area contributed by atoms with E-state index in [-0.39, 0.29) is 11.3 Å². The molecule has 0 spiro atoms. The number of fused-ring (bicyclic) bond motifs is 1. The van der Waals surface area contributed by atoms with Crippen LogP contribution in [0.2, 0.25) is 0 Å². The van der Waals surface area contributed by atoms with Gasteiger partial charge in [-0.15, -0.1) is 0 Å². The monoisotopic (exact) mass is 468 g/mol. The molecule has 2 heterocycles. The number of benzene rings is 2. The van der Waals surface area contributed by atoms with Crippen LogP contribution in [0.4, 0.5) is 13.2 Å². The molecule has 0 aliphatic heterocycles. The van der Waals surface area contributed by atoms with E-state index >= 15 is 0 Å². The van der Waals surface area contributed by atoms with Crippen LogP contribution in [-0.2, 0) is 12.7 Å². The lowest BCUT2D eigenvalue weighted by Crippen LogP contribution is -2.33. The summed E-state index contributed by atoms with van der Waals surface area (Å²) in [4.78, 5) is 26.2. The molecule has 0 bridgehead atoms. The predicted molar refractivity (Wildman–Crippen MR) is 123 cm³/mol. The summed E-state index contributed by atoms with van der Waals surface area (Å²) in [5.41, 5.74) is 0.676. The first kappa shape index (κ1) is 23.3. The van der Waals surface area contributed by atoms with Crippen molar-refractivity contribution in [2.24, 2.45) is 0 Å². The molecular formula is C25H23F3N4O2. The van der Waals surface area contributed by atoms with Crippen molar-refractivity contribution in [1.29, 1.82) is 0 Å². The fourth-order valence-corrected chi connectivity index (χ4v) is 3.93. The summed E-state index contributed by atoms with van der Waals surface area (Å²) in [5, 5.41) is 7.68. The lowest BCUT2D eigenvalue weighted by molar-refractivity contribution is -0.137. The Balaban J connectivity index is 1.64. The molecule has 0 fully saturated rings. The van der Waals surface area contributed by atoms with Gasteiger partial charge in [0.25, 0.3) is 11.5 Å². The minimum atomic E-state index is -4.56. The first-order valence-electron chi connectivity index (χ1n) is 10.8. The molecule has 6 nitrogen and oxygen atoms in total. The van der Waals surface area contributed by atoms with Crippen LogP contribution in [0.15, 0.2) is 65.5 Å². The molecule has 176 valence electrons. The number of carbonyl (C=O) groups excluding carboxylic acids is 1. The van der Waals surface area contributed by atoms with E-state index in [4.69, 9.17) is 0 Å². The average Bonchev–Trinajstić information content (AvgIpc) is 3.12. The van der Waals surface area contributed by atoms with Crippen molar-refractivity contribution in [2.45, 2.75) is 33.0 Å². The number of halogens is 3. The smallest absolute Gasteiger partial charge is 0.352 e. The van der Waals surface area contributed by atoms with Gasteiger partial charge in [0.2, 0.25) is 0 Å². The van der Waals surface area contributed by atoms with Crippen LogP contribution in [0, 0.1) is 13.8 Å². The van der Waals surface area contributed by atoms with Crippen molar-refractivity contribution in [3.8, 4) is 5.69 Å². The molecule has 0 aliphatic rings. The number of nitrogens with zero attached hydrogens (tertiary/aromatic N) is 3. The zero-order valence-electron chi connectivity index (χ0n) is 18.7. The third-order valence-electron chi connectivity index (χ3n) is 5.52. The summed E-state index contributed by atoms with van der Waals surface area (Å²) in [5.74, 6) is -0.579. The molecule has 0 atom stereocenters. The Morgan fingerprint density at radius 3 is 2.50 bits per heavy atom. The number of alkyl halides is 3. The molecule has 1 N–H and O–H groups in total. The number of aryl methyl sites for hydroxylation is 3. The van der Waals surface area contributed by atoms with Gasteiger partial charge in [0.15, 0.2) is 0 Å². The van der Waals surface area contributed by atoms with Gasteiger partial charge in [0, 0.05) is 24.5 Å². The summed E-state index contributed by atoms with van der Waals surface area (Å²) in [6.45, 7) is 4.77. The molecule has 4 aromatic rings. The first-order valence-corrected chi connectivity index (χ1v) is 10.8. The fraction of sp³-hybridized carbons (Fsp3) is 0.240. The van der Waals surface area contributed by atoms with E-state index in [0.717, 1.165) is 28.1 Å². The van der Waals surface area contributed by atoms with E-state index in [1.54, 1.807) is 24.3 Å². The van der Waals surface area contributed by atoms with Gasteiger partial charge in [-0.1, -0.05) is 24.3 Å². The average molecular weight is 468 g/mol. The Bertz CT molecular complexity index is 1420. The third-order valence-corrected chi connectivity index (χ3v) is 5.52. The Hall–Kier alpha value is -3.88. The number of hydrogen-bond donors (Lipinski definition) is 1. The minimum absolute atomic E-state index is 0.0372. The summed E-state index contributed by atoms with van der Waals surface area (Å²) in [6, 6.07) is 14.7. The second-order valence-electron chi connectivity index (χ2n) is 8.07. The molecule has 34 heavy (non-hydrogen) atoms. The number of hydrogen-bond acceptors (Lipinski definition) is 3. The topological polar surface area (TPSA) is 68.9 Å². The van der Waals surface area contributed by atoms with Crippen LogP contribution in [-0.4, -0.2) is 26.8 Å². The highest BCUT2D eigenvalue weighted by molar-refractivity contribution is 5.97. The molecule has 9 heteroatoms. The maximum absolute atomic E-state index is 13.3. The van der Waals surface area contributed by atoms with E-state index < -0.39 is 23.2 Å². The highest BCUT2D eigenvalue weighted by Crippen LogP contribution is 2.30. The van der Waals surface area contributed by atoms with Gasteiger partial charge in [0.1, 0.15) is 5.56 Å². The number of nitrogens with one attached hydrogen (secondary N) is 1. The van der Waals surface area contributed by atoms with Crippen molar-refractivity contribution in [3.05, 3.63) is 93.5 Å². The summed E-state index contributed by atoms with van der Waals surface area (Å²) < 4.78 is 42.8. The summed E-state index contributed by atoms with van der Waals surface area (Å²) in [7, 11) is 0. The van der Waals surface area contributed by atoms with Gasteiger partial charge in [-0.2, -0.15) is 18.3 Å². The number of rotatable bonds is 6. The van der Waals surface area contributed by atoms with Crippen LogP contribution in [0.1, 0.15) is 33.7 Å². The number of para-hydroxylation sites is 1. The Morgan fingerprint density at radius 2 is 1.79 bits per heavy atom. The van der Waals surface area contributed by atoms with E-state index in [9.17, 15) is 22.8 Å². The SMILES string of the molecule is Cc1cc(C)n(CCCNC(=O)c2cc3ccccc3n(-c3cccc(C(F)(F)F)c3)c2=O)n1. The minimum Gasteiger partial charge on any atom is -0.352 e. The second-order valence-corrected chi connectivity index (χ2v) is 8.07. The zero-order valence-corrected chi connectivity index (χ0v) is 18.7. The normalized spacial score (nSPS) is 11.7. The lowest BCUT2D eigenvalue weighted by atomic mass is 10.1. The maximum Gasteiger partial charge on any atom is 0.416 e. The number of pyridine rings is 1. The number of amides is 1. The van der Waals surface area contributed by atoms with Crippen LogP contribution < -0.4 is 10.9 Å². The largest absolute Gasteiger partial charge is 0.416 e.